The molecule has 6 nitrogen and oxygen atoms in total. The van der Waals surface area contributed by atoms with Crippen molar-refractivity contribution in [1.82, 2.24) is 15.5 Å². The monoisotopic (exact) mass is 429 g/mol. The highest BCUT2D eigenvalue weighted by atomic mass is 19.1. The number of halogens is 2. The maximum Gasteiger partial charge on any atom is 0.325 e. The molecule has 0 spiro atoms. The summed E-state index contributed by atoms with van der Waals surface area (Å²) >= 11 is 0. The fraction of sp³-hybridized carbons (Fsp3) is 0.348. The molecule has 2 atom stereocenters. The Morgan fingerprint density at radius 2 is 1.81 bits per heavy atom. The molecule has 2 unspecified atom stereocenters. The summed E-state index contributed by atoms with van der Waals surface area (Å²) in [6.45, 7) is 4.81. The van der Waals surface area contributed by atoms with Crippen LogP contribution in [0.4, 0.5) is 13.6 Å². The van der Waals surface area contributed by atoms with Crippen LogP contribution in [0.5, 0.6) is 0 Å². The third-order valence-corrected chi connectivity index (χ3v) is 5.29. The summed E-state index contributed by atoms with van der Waals surface area (Å²) in [6, 6.07) is 10.9. The summed E-state index contributed by atoms with van der Waals surface area (Å²) in [6.07, 6.45) is 0.669. The van der Waals surface area contributed by atoms with Crippen LogP contribution in [-0.4, -0.2) is 29.3 Å². The van der Waals surface area contributed by atoms with E-state index < -0.39 is 41.6 Å². The molecule has 4 amide bonds. The van der Waals surface area contributed by atoms with Crippen molar-refractivity contribution < 1.29 is 23.2 Å². The minimum atomic E-state index is -1.81. The maximum atomic E-state index is 14.3. The van der Waals surface area contributed by atoms with Crippen molar-refractivity contribution in [3.8, 4) is 0 Å². The van der Waals surface area contributed by atoms with Gasteiger partial charge in [0, 0.05) is 5.56 Å². The molecule has 1 fully saturated rings. The molecule has 0 saturated carbocycles. The smallest absolute Gasteiger partial charge is 0.325 e. The van der Waals surface area contributed by atoms with Crippen LogP contribution in [0, 0.1) is 17.6 Å². The molecule has 8 heteroatoms. The average molecular weight is 429 g/mol. The summed E-state index contributed by atoms with van der Waals surface area (Å²) in [5.41, 5.74) is -1.19. The topological polar surface area (TPSA) is 78.5 Å². The molecule has 1 aliphatic heterocycles. The second kappa shape index (κ2) is 8.83. The Bertz CT molecular complexity index is 997. The number of benzene rings is 2. The lowest BCUT2D eigenvalue weighted by molar-refractivity contribution is -0.135. The van der Waals surface area contributed by atoms with Crippen LogP contribution in [0.3, 0.4) is 0 Å². The van der Waals surface area contributed by atoms with Crippen LogP contribution in [0.25, 0.3) is 0 Å². The van der Waals surface area contributed by atoms with Crippen LogP contribution in [0.15, 0.2) is 48.5 Å². The number of hydrogen-bond acceptors (Lipinski definition) is 3. The number of urea groups is 1. The highest BCUT2D eigenvalue weighted by molar-refractivity contribution is 6.09. The molecule has 0 radical (unpaired) electrons. The second-order valence-electron chi connectivity index (χ2n) is 8.23. The van der Waals surface area contributed by atoms with Gasteiger partial charge in [-0.25, -0.2) is 13.6 Å². The number of carbonyl (C=O) groups excluding carboxylic acids is 3. The molecule has 1 aliphatic rings. The molecule has 1 saturated heterocycles. The quantitative estimate of drug-likeness (QED) is 0.660. The van der Waals surface area contributed by atoms with Crippen LogP contribution in [0.1, 0.15) is 44.4 Å². The van der Waals surface area contributed by atoms with Gasteiger partial charge >= 0.3 is 6.03 Å². The predicted molar refractivity (Wildman–Crippen MR) is 111 cm³/mol. The SMILES string of the molecule is CC(C)CC(NC(=O)CN1C(=O)NC(C)(c2cc(F)ccc2F)C1=O)c1ccccc1. The molecular formula is C23H25F2N3O3. The van der Waals surface area contributed by atoms with Gasteiger partial charge in [0.2, 0.25) is 5.91 Å². The minimum Gasteiger partial charge on any atom is -0.348 e. The lowest BCUT2D eigenvalue weighted by atomic mass is 9.91. The first-order chi connectivity index (χ1) is 14.6. The number of rotatable bonds is 7. The van der Waals surface area contributed by atoms with Crippen molar-refractivity contribution in [2.75, 3.05) is 6.54 Å². The zero-order chi connectivity index (χ0) is 22.8. The number of amides is 4. The Kier molecular flexibility index (Phi) is 6.38. The van der Waals surface area contributed by atoms with E-state index in [0.717, 1.165) is 28.7 Å². The molecule has 2 aromatic rings. The van der Waals surface area contributed by atoms with Crippen molar-refractivity contribution in [3.05, 3.63) is 71.3 Å². The lowest BCUT2D eigenvalue weighted by Gasteiger charge is -2.24. The number of nitrogens with one attached hydrogen (secondary N) is 2. The van der Waals surface area contributed by atoms with E-state index in [9.17, 15) is 23.2 Å². The summed E-state index contributed by atoms with van der Waals surface area (Å²) in [7, 11) is 0. The van der Waals surface area contributed by atoms with E-state index in [4.69, 9.17) is 0 Å². The van der Waals surface area contributed by atoms with Crippen LogP contribution < -0.4 is 10.6 Å². The van der Waals surface area contributed by atoms with E-state index in [1.807, 2.05) is 44.2 Å². The molecule has 1 heterocycles. The van der Waals surface area contributed by atoms with Gasteiger partial charge in [0.25, 0.3) is 5.91 Å². The maximum absolute atomic E-state index is 14.3. The van der Waals surface area contributed by atoms with Crippen LogP contribution >= 0.6 is 0 Å². The zero-order valence-electron chi connectivity index (χ0n) is 17.6. The third-order valence-electron chi connectivity index (χ3n) is 5.29. The van der Waals surface area contributed by atoms with Crippen molar-refractivity contribution in [1.29, 1.82) is 0 Å². The number of nitrogens with zero attached hydrogens (tertiary/aromatic N) is 1. The largest absolute Gasteiger partial charge is 0.348 e. The highest BCUT2D eigenvalue weighted by Crippen LogP contribution is 2.31. The van der Waals surface area contributed by atoms with E-state index in [0.29, 0.717) is 12.3 Å². The summed E-state index contributed by atoms with van der Waals surface area (Å²) in [5.74, 6) is -2.62. The van der Waals surface area contributed by atoms with Gasteiger partial charge < -0.3 is 10.6 Å². The van der Waals surface area contributed by atoms with Gasteiger partial charge in [0.15, 0.2) is 0 Å². The average Bonchev–Trinajstić information content (AvgIpc) is 2.93. The molecule has 2 aromatic carbocycles. The van der Waals surface area contributed by atoms with E-state index >= 15 is 0 Å². The van der Waals surface area contributed by atoms with Gasteiger partial charge in [-0.2, -0.15) is 0 Å². The summed E-state index contributed by atoms with van der Waals surface area (Å²) in [5, 5.41) is 5.26. The zero-order valence-corrected chi connectivity index (χ0v) is 17.6. The van der Waals surface area contributed by atoms with Gasteiger partial charge in [-0.1, -0.05) is 44.2 Å². The standard InChI is InChI=1S/C23H25F2N3O3/c1-14(2)11-19(15-7-5-4-6-8-15)26-20(29)13-28-21(30)23(3,27-22(28)31)17-12-16(24)9-10-18(17)25/h4-10,12,14,19H,11,13H2,1-3H3,(H,26,29)(H,27,31). The van der Waals surface area contributed by atoms with Crippen molar-refractivity contribution in [2.24, 2.45) is 5.92 Å². The Hall–Kier alpha value is -3.29. The van der Waals surface area contributed by atoms with Gasteiger partial charge in [0.05, 0.1) is 6.04 Å². The van der Waals surface area contributed by atoms with Gasteiger partial charge in [-0.05, 0) is 43.0 Å². The fourth-order valence-corrected chi connectivity index (χ4v) is 3.72. The Balaban J connectivity index is 1.77. The minimum absolute atomic E-state index is 0.290. The number of imide groups is 1. The molecule has 0 aromatic heterocycles. The fourth-order valence-electron chi connectivity index (χ4n) is 3.72. The highest BCUT2D eigenvalue weighted by Gasteiger charge is 2.51. The summed E-state index contributed by atoms with van der Waals surface area (Å²) < 4.78 is 27.9. The number of hydrogen-bond donors (Lipinski definition) is 2. The van der Waals surface area contributed by atoms with Gasteiger partial charge in [-0.15, -0.1) is 0 Å². The van der Waals surface area contributed by atoms with Gasteiger partial charge in [-0.3, -0.25) is 14.5 Å². The summed E-state index contributed by atoms with van der Waals surface area (Å²) in [4.78, 5) is 38.8. The molecule has 164 valence electrons. The Morgan fingerprint density at radius 3 is 2.45 bits per heavy atom. The number of carbonyl (C=O) groups is 3. The third kappa shape index (κ3) is 4.73. The lowest BCUT2D eigenvalue weighted by Crippen LogP contribution is -2.44. The molecular weight excluding hydrogens is 404 g/mol. The normalized spacial score (nSPS) is 19.5. The van der Waals surface area contributed by atoms with Crippen LogP contribution in [0.2, 0.25) is 0 Å². The molecule has 31 heavy (non-hydrogen) atoms. The predicted octanol–water partition coefficient (Wildman–Crippen LogP) is 3.64. The van der Waals surface area contributed by atoms with Gasteiger partial charge in [0.1, 0.15) is 23.7 Å². The van der Waals surface area contributed by atoms with E-state index in [2.05, 4.69) is 10.6 Å². The first-order valence-corrected chi connectivity index (χ1v) is 10.1. The van der Waals surface area contributed by atoms with E-state index in [1.54, 1.807) is 0 Å². The molecule has 2 N–H and O–H groups in total. The van der Waals surface area contributed by atoms with Crippen molar-refractivity contribution in [2.45, 2.75) is 38.8 Å². The van der Waals surface area contributed by atoms with Crippen LogP contribution in [-0.2, 0) is 15.1 Å². The Morgan fingerprint density at radius 1 is 1.13 bits per heavy atom. The van der Waals surface area contributed by atoms with E-state index in [1.165, 1.54) is 6.92 Å². The first-order valence-electron chi connectivity index (χ1n) is 10.1. The van der Waals surface area contributed by atoms with Crippen molar-refractivity contribution in [3.63, 3.8) is 0 Å². The molecule has 0 bridgehead atoms. The Labute approximate surface area is 179 Å². The van der Waals surface area contributed by atoms with Crippen molar-refractivity contribution >= 4 is 17.8 Å². The first kappa shape index (κ1) is 22.4. The molecule has 3 rings (SSSR count). The second-order valence-corrected chi connectivity index (χ2v) is 8.23. The van der Waals surface area contributed by atoms with E-state index in [-0.39, 0.29) is 11.6 Å². The molecule has 0 aliphatic carbocycles.